The van der Waals surface area contributed by atoms with Crippen molar-refractivity contribution in [3.63, 3.8) is 0 Å². The second-order valence-electron chi connectivity index (χ2n) is 4.66. The van der Waals surface area contributed by atoms with Crippen LogP contribution >= 0.6 is 0 Å². The molecule has 0 aromatic carbocycles. The molecule has 0 bridgehead atoms. The third-order valence-electron chi connectivity index (χ3n) is 1.66. The molecule has 0 aromatic rings. The first-order chi connectivity index (χ1) is 12.9. The normalized spacial score (nSPS) is 24.2. The maximum Gasteiger partial charge on any atom is 0.408 e. The molecule has 0 saturated carbocycles. The van der Waals surface area contributed by atoms with Crippen LogP contribution in [0.3, 0.4) is 0 Å². The van der Waals surface area contributed by atoms with E-state index in [-0.39, 0.29) is 4.90 Å². The molecule has 2 amide bonds. The number of nitrogens with one attached hydrogen (secondary N) is 1. The largest absolute Gasteiger partial charge is 0.480 e. The highest BCUT2D eigenvalue weighted by Gasteiger charge is 2.29. The molecule has 0 aliphatic carbocycles. The van der Waals surface area contributed by atoms with E-state index in [1.54, 1.807) is 0 Å². The Labute approximate surface area is 133 Å². The van der Waals surface area contributed by atoms with Crippen LogP contribution in [0.15, 0.2) is 0 Å². The van der Waals surface area contributed by atoms with Gasteiger partial charge in [0.25, 0.3) is 0 Å². The van der Waals surface area contributed by atoms with Gasteiger partial charge in [-0.3, -0.25) is 9.59 Å². The summed E-state index contributed by atoms with van der Waals surface area (Å²) in [7, 11) is 0.510. The second kappa shape index (κ2) is 7.12. The van der Waals surface area contributed by atoms with Gasteiger partial charge < -0.3 is 20.1 Å². The summed E-state index contributed by atoms with van der Waals surface area (Å²) in [5, 5.41) is 10.4. The quantitative estimate of drug-likeness (QED) is 0.791. The van der Waals surface area contributed by atoms with Crippen LogP contribution in [0.2, 0.25) is 0 Å². The van der Waals surface area contributed by atoms with Crippen LogP contribution in [-0.2, 0) is 14.3 Å². The van der Waals surface area contributed by atoms with E-state index in [4.69, 9.17) is 23.6 Å². The molecule has 0 fully saturated rings. The Morgan fingerprint density at radius 3 is 2.40 bits per heavy atom. The zero-order valence-corrected chi connectivity index (χ0v) is 11.5. The summed E-state index contributed by atoms with van der Waals surface area (Å²) in [5.41, 5.74) is -1.25. The fraction of sp³-hybridized carbons (Fsp3) is 0.769. The van der Waals surface area contributed by atoms with Crippen LogP contribution in [0, 0.1) is 5.89 Å². The Kier molecular flexibility index (Phi) is 2.59. The lowest BCUT2D eigenvalue weighted by atomic mass is 10.0. The third-order valence-corrected chi connectivity index (χ3v) is 1.66. The average Bonchev–Trinajstić information content (AvgIpc) is 2.47. The van der Waals surface area contributed by atoms with Gasteiger partial charge in [0.2, 0.25) is 5.91 Å². The smallest absolute Gasteiger partial charge is 0.408 e. The molecule has 0 aliphatic heterocycles. The molecule has 0 heterocycles. The van der Waals surface area contributed by atoms with Crippen molar-refractivity contribution in [2.24, 2.45) is 5.89 Å². The van der Waals surface area contributed by atoms with E-state index in [2.05, 4.69) is 0 Å². The van der Waals surface area contributed by atoms with Crippen molar-refractivity contribution in [3.8, 4) is 0 Å². The summed E-state index contributed by atoms with van der Waals surface area (Å²) < 4.78 is 81.1. The maximum absolute atomic E-state index is 12.9. The predicted molar refractivity (Wildman–Crippen MR) is 73.3 cm³/mol. The molecule has 7 heteroatoms. The molecule has 20 heavy (non-hydrogen) atoms. The summed E-state index contributed by atoms with van der Waals surface area (Å²) in [5.74, 6) is -8.39. The highest BCUT2D eigenvalue weighted by molar-refractivity contribution is 5.88. The molecule has 7 nitrogen and oxygen atoms in total. The number of alkyl carbamates (subject to hydrolysis) is 1. The van der Waals surface area contributed by atoms with E-state index >= 15 is 0 Å². The van der Waals surface area contributed by atoms with Crippen molar-refractivity contribution in [2.75, 3.05) is 13.5 Å². The van der Waals surface area contributed by atoms with Gasteiger partial charge in [-0.05, 0) is 26.7 Å². The average molecular weight is 298 g/mol. The number of likely N-dealkylation sites (N-methyl/N-ethyl adjacent to an activating group) is 1. The number of ether oxygens (including phenoxy) is 1. The molecular formula is C13H24N2O5. The number of carboxylic acid groups (broad SMARTS) is 1. The summed E-state index contributed by atoms with van der Waals surface area (Å²) in [6.45, 7) is -7.27. The van der Waals surface area contributed by atoms with Gasteiger partial charge in [0.15, 0.2) is 0 Å². The molecule has 0 rings (SSSR count). The number of aliphatic carboxylic acids is 1. The van der Waals surface area contributed by atoms with Gasteiger partial charge in [0.05, 0.1) is 4.11 Å². The summed E-state index contributed by atoms with van der Waals surface area (Å²) in [6.07, 6.45) is -1.65. The maximum atomic E-state index is 12.9. The molecule has 2 N–H and O–H groups in total. The van der Waals surface area contributed by atoms with Crippen LogP contribution in [0.5, 0.6) is 0 Å². The van der Waals surface area contributed by atoms with Crippen LogP contribution in [0.4, 0.5) is 4.79 Å². The molecular weight excluding hydrogens is 264 g/mol. The Hall–Kier alpha value is -1.79. The minimum Gasteiger partial charge on any atom is -0.480 e. The van der Waals surface area contributed by atoms with E-state index in [0.717, 1.165) is 0 Å². The number of hydrogen-bond donors (Lipinski definition) is 2. The summed E-state index contributed by atoms with van der Waals surface area (Å²) >= 11 is 0. The fourth-order valence-corrected chi connectivity index (χ4v) is 0.991. The van der Waals surface area contributed by atoms with Gasteiger partial charge >= 0.3 is 12.1 Å². The minimum absolute atomic E-state index is 0.277. The summed E-state index contributed by atoms with van der Waals surface area (Å²) in [6, 6.07) is -3.91. The zero-order valence-electron chi connectivity index (χ0n) is 21.5. The fourth-order valence-electron chi connectivity index (χ4n) is 0.991. The molecule has 0 saturated heterocycles. The zero-order chi connectivity index (χ0) is 24.7. The Morgan fingerprint density at radius 1 is 1.45 bits per heavy atom. The Bertz CT molecular complexity index is 686. The number of carbonyl (C=O) groups excluding carboxylic acids is 2. The van der Waals surface area contributed by atoms with Gasteiger partial charge in [0.1, 0.15) is 18.1 Å². The van der Waals surface area contributed by atoms with E-state index in [0.29, 0.717) is 7.05 Å². The first kappa shape index (κ1) is 7.28. The van der Waals surface area contributed by atoms with E-state index in [1.807, 2.05) is 0 Å². The van der Waals surface area contributed by atoms with E-state index in [1.165, 1.54) is 26.1 Å². The van der Waals surface area contributed by atoms with Crippen molar-refractivity contribution >= 4 is 18.0 Å². The predicted octanol–water partition coefficient (Wildman–Crippen LogP) is 1.08. The molecule has 0 aromatic heterocycles. The minimum atomic E-state index is -4.05. The standard InChI is InChI=1S/C13H24N2O5/c1-8(2)10(11(18)15(6)7-9(16)17)14-12(19)20-13(3,4)5/h8,10H,7H2,1-6H3,(H,14,19)(H,16,17)/t10-/m0/s1/i1D3,2D3,7D2,8D,10D. The van der Waals surface area contributed by atoms with Gasteiger partial charge in [0, 0.05) is 16.6 Å². The van der Waals surface area contributed by atoms with E-state index < -0.39 is 55.7 Å². The van der Waals surface area contributed by atoms with Crippen LogP contribution in [0.1, 0.15) is 48.2 Å². The first-order valence-electron chi connectivity index (χ1n) is 10.4. The number of carboxylic acids is 1. The number of carbonyl (C=O) groups is 3. The Morgan fingerprint density at radius 2 is 2.00 bits per heavy atom. The topological polar surface area (TPSA) is 95.9 Å². The Balaban J connectivity index is 6.87. The monoisotopic (exact) mass is 298 g/mol. The van der Waals surface area contributed by atoms with Crippen molar-refractivity contribution < 1.29 is 37.9 Å². The van der Waals surface area contributed by atoms with Crippen molar-refractivity contribution in [2.45, 2.75) is 46.1 Å². The lowest BCUT2D eigenvalue weighted by Gasteiger charge is -2.27. The number of amides is 2. The van der Waals surface area contributed by atoms with Crippen molar-refractivity contribution in [1.29, 1.82) is 0 Å². The van der Waals surface area contributed by atoms with Crippen molar-refractivity contribution in [1.82, 2.24) is 10.2 Å². The molecule has 0 spiro atoms. The molecule has 0 aliphatic rings. The molecule has 0 radical (unpaired) electrons. The summed E-state index contributed by atoms with van der Waals surface area (Å²) in [4.78, 5) is 36.0. The van der Waals surface area contributed by atoms with Crippen LogP contribution in [0.25, 0.3) is 0 Å². The second-order valence-corrected chi connectivity index (χ2v) is 4.66. The van der Waals surface area contributed by atoms with Gasteiger partial charge in [-0.25, -0.2) is 4.79 Å². The van der Waals surface area contributed by atoms with Gasteiger partial charge in [-0.15, -0.1) is 0 Å². The van der Waals surface area contributed by atoms with Gasteiger partial charge in [-0.1, -0.05) is 13.7 Å². The SMILES string of the molecule is [2H]C([2H])(C(=O)O)N(C)C(=O)[C@@]([2H])(NC(=O)OC(C)(C)C)C([2H])(C([2H])([2H])[2H])C([2H])([2H])[2H]. The highest BCUT2D eigenvalue weighted by Crippen LogP contribution is 2.10. The molecule has 0 unspecified atom stereocenters. The van der Waals surface area contributed by atoms with E-state index in [9.17, 15) is 14.4 Å². The third kappa shape index (κ3) is 6.96. The van der Waals surface area contributed by atoms with Crippen LogP contribution < -0.4 is 5.32 Å². The first-order valence-corrected chi connectivity index (χ1v) is 5.39. The lowest BCUT2D eigenvalue weighted by molar-refractivity contribution is -0.144. The molecule has 1 atom stereocenters. The number of rotatable bonds is 5. The number of nitrogens with zero attached hydrogens (tertiary/aromatic N) is 1. The number of hydrogen-bond acceptors (Lipinski definition) is 4. The van der Waals surface area contributed by atoms with Crippen LogP contribution in [-0.4, -0.2) is 53.1 Å². The highest BCUT2D eigenvalue weighted by atomic mass is 16.6. The van der Waals surface area contributed by atoms with Gasteiger partial charge in [-0.2, -0.15) is 0 Å². The molecule has 116 valence electrons. The van der Waals surface area contributed by atoms with Crippen molar-refractivity contribution in [3.05, 3.63) is 0 Å². The lowest BCUT2D eigenvalue weighted by Crippen LogP contribution is -2.52.